The van der Waals surface area contributed by atoms with Crippen molar-refractivity contribution in [2.45, 2.75) is 6.04 Å². The number of aromatic nitrogens is 1. The van der Waals surface area contributed by atoms with E-state index in [0.29, 0.717) is 0 Å². The molecule has 1 atom stereocenters. The number of carbonyl (C=O) groups is 1. The molecule has 1 fully saturated rings. The zero-order valence-electron chi connectivity index (χ0n) is 7.73. The zero-order chi connectivity index (χ0) is 9.54. The standard InChI is InChI=1S/C10H11N3O/c14-9-7-2-1-3-12-10(7)13-5-4-11-6-8(9)13/h1-3,8,11H,4-6H2. The Morgan fingerprint density at radius 2 is 2.50 bits per heavy atom. The van der Waals surface area contributed by atoms with Gasteiger partial charge in [0.15, 0.2) is 5.78 Å². The van der Waals surface area contributed by atoms with Crippen molar-refractivity contribution in [3.63, 3.8) is 0 Å². The summed E-state index contributed by atoms with van der Waals surface area (Å²) in [5.74, 6) is 1.07. The van der Waals surface area contributed by atoms with Gasteiger partial charge in [0, 0.05) is 25.8 Å². The fourth-order valence-electron chi connectivity index (χ4n) is 2.19. The summed E-state index contributed by atoms with van der Waals surface area (Å²) < 4.78 is 0. The van der Waals surface area contributed by atoms with E-state index in [1.807, 2.05) is 12.1 Å². The van der Waals surface area contributed by atoms with Crippen LogP contribution < -0.4 is 10.2 Å². The summed E-state index contributed by atoms with van der Waals surface area (Å²) in [5, 5.41) is 3.23. The van der Waals surface area contributed by atoms with Gasteiger partial charge in [-0.25, -0.2) is 4.98 Å². The highest BCUT2D eigenvalue weighted by atomic mass is 16.1. The quantitative estimate of drug-likeness (QED) is 0.626. The van der Waals surface area contributed by atoms with Gasteiger partial charge in [0.1, 0.15) is 11.9 Å². The van der Waals surface area contributed by atoms with Gasteiger partial charge in [-0.1, -0.05) is 0 Å². The number of pyridine rings is 1. The van der Waals surface area contributed by atoms with Gasteiger partial charge in [-0.3, -0.25) is 4.79 Å². The molecule has 3 rings (SSSR count). The summed E-state index contributed by atoms with van der Waals surface area (Å²) in [6.45, 7) is 2.55. The molecule has 1 N–H and O–H groups in total. The number of hydrogen-bond acceptors (Lipinski definition) is 4. The summed E-state index contributed by atoms with van der Waals surface area (Å²) in [4.78, 5) is 18.3. The molecule has 0 amide bonds. The number of piperazine rings is 1. The van der Waals surface area contributed by atoms with Crippen LogP contribution in [0.2, 0.25) is 0 Å². The molecule has 14 heavy (non-hydrogen) atoms. The normalized spacial score (nSPS) is 24.7. The van der Waals surface area contributed by atoms with Crippen molar-refractivity contribution in [2.75, 3.05) is 24.5 Å². The van der Waals surface area contributed by atoms with Crippen molar-refractivity contribution in [1.82, 2.24) is 10.3 Å². The Labute approximate surface area is 81.9 Å². The molecule has 1 unspecified atom stereocenters. The van der Waals surface area contributed by atoms with Crippen LogP contribution in [0.5, 0.6) is 0 Å². The molecule has 0 saturated carbocycles. The van der Waals surface area contributed by atoms with Gasteiger partial charge >= 0.3 is 0 Å². The van der Waals surface area contributed by atoms with Gasteiger partial charge in [0.25, 0.3) is 0 Å². The first kappa shape index (κ1) is 7.94. The van der Waals surface area contributed by atoms with Gasteiger partial charge in [-0.15, -0.1) is 0 Å². The summed E-state index contributed by atoms with van der Waals surface area (Å²) in [7, 11) is 0. The minimum atomic E-state index is -0.0198. The molecular formula is C10H11N3O. The molecule has 0 radical (unpaired) electrons. The fraction of sp³-hybridized carbons (Fsp3) is 0.400. The van der Waals surface area contributed by atoms with E-state index >= 15 is 0 Å². The first-order valence-electron chi connectivity index (χ1n) is 4.84. The summed E-state index contributed by atoms with van der Waals surface area (Å²) >= 11 is 0. The number of carbonyl (C=O) groups excluding carboxylic acids is 1. The van der Waals surface area contributed by atoms with Gasteiger partial charge in [-0.2, -0.15) is 0 Å². The average Bonchev–Trinajstić information content (AvgIpc) is 2.55. The Morgan fingerprint density at radius 3 is 3.43 bits per heavy atom. The van der Waals surface area contributed by atoms with E-state index in [9.17, 15) is 4.79 Å². The summed E-state index contributed by atoms with van der Waals surface area (Å²) in [5.41, 5.74) is 0.779. The molecule has 4 nitrogen and oxygen atoms in total. The molecule has 2 aliphatic heterocycles. The molecule has 0 aromatic carbocycles. The monoisotopic (exact) mass is 189 g/mol. The number of rotatable bonds is 0. The van der Waals surface area contributed by atoms with Crippen LogP contribution in [-0.2, 0) is 0 Å². The molecule has 1 saturated heterocycles. The topological polar surface area (TPSA) is 45.2 Å². The lowest BCUT2D eigenvalue weighted by molar-refractivity contribution is 0.0965. The number of anilines is 1. The molecule has 2 aliphatic rings. The summed E-state index contributed by atoms with van der Waals surface area (Å²) in [6, 6.07) is 3.67. The fourth-order valence-corrected chi connectivity index (χ4v) is 2.19. The average molecular weight is 189 g/mol. The van der Waals surface area contributed by atoms with E-state index in [2.05, 4.69) is 15.2 Å². The van der Waals surface area contributed by atoms with Gasteiger partial charge in [0.05, 0.1) is 5.56 Å². The van der Waals surface area contributed by atoms with E-state index in [4.69, 9.17) is 0 Å². The Bertz CT molecular complexity index is 391. The van der Waals surface area contributed by atoms with Crippen molar-refractivity contribution in [3.8, 4) is 0 Å². The molecule has 3 heterocycles. The van der Waals surface area contributed by atoms with Crippen molar-refractivity contribution >= 4 is 11.6 Å². The molecule has 4 heteroatoms. The van der Waals surface area contributed by atoms with Crippen molar-refractivity contribution in [2.24, 2.45) is 0 Å². The van der Waals surface area contributed by atoms with E-state index < -0.39 is 0 Å². The minimum Gasteiger partial charge on any atom is -0.343 e. The molecule has 72 valence electrons. The second kappa shape index (κ2) is 2.78. The largest absolute Gasteiger partial charge is 0.343 e. The lowest BCUT2D eigenvalue weighted by Crippen LogP contribution is -2.51. The Kier molecular flexibility index (Phi) is 1.58. The number of ketones is 1. The predicted molar refractivity (Wildman–Crippen MR) is 52.6 cm³/mol. The van der Waals surface area contributed by atoms with E-state index in [1.54, 1.807) is 6.20 Å². The van der Waals surface area contributed by atoms with Crippen LogP contribution in [0.25, 0.3) is 0 Å². The summed E-state index contributed by atoms with van der Waals surface area (Å²) in [6.07, 6.45) is 1.75. The smallest absolute Gasteiger partial charge is 0.190 e. The van der Waals surface area contributed by atoms with Crippen molar-refractivity contribution in [3.05, 3.63) is 23.9 Å². The Morgan fingerprint density at radius 1 is 1.57 bits per heavy atom. The lowest BCUT2D eigenvalue weighted by Gasteiger charge is -2.30. The predicted octanol–water partition coefficient (Wildman–Crippen LogP) is 0.0561. The first-order chi connectivity index (χ1) is 6.88. The molecule has 1 aromatic heterocycles. The van der Waals surface area contributed by atoms with Crippen LogP contribution in [0, 0.1) is 0 Å². The highest BCUT2D eigenvalue weighted by molar-refractivity contribution is 6.10. The third-order valence-corrected chi connectivity index (χ3v) is 2.87. The maximum atomic E-state index is 11.9. The van der Waals surface area contributed by atoms with Gasteiger partial charge < -0.3 is 10.2 Å². The van der Waals surface area contributed by atoms with E-state index in [0.717, 1.165) is 31.0 Å². The highest BCUT2D eigenvalue weighted by Gasteiger charge is 2.39. The molecular weight excluding hydrogens is 178 g/mol. The van der Waals surface area contributed by atoms with Crippen LogP contribution in [0.4, 0.5) is 5.82 Å². The minimum absolute atomic E-state index is 0.0198. The number of nitrogens with one attached hydrogen (secondary N) is 1. The van der Waals surface area contributed by atoms with Crippen molar-refractivity contribution in [1.29, 1.82) is 0 Å². The van der Waals surface area contributed by atoms with Crippen LogP contribution >= 0.6 is 0 Å². The van der Waals surface area contributed by atoms with Gasteiger partial charge in [0.2, 0.25) is 0 Å². The second-order valence-corrected chi connectivity index (χ2v) is 3.65. The molecule has 0 aliphatic carbocycles. The number of Topliss-reactive ketones (excluding diaryl/α,β-unsaturated/α-hetero) is 1. The highest BCUT2D eigenvalue weighted by Crippen LogP contribution is 2.29. The molecule has 0 bridgehead atoms. The molecule has 1 aromatic rings. The van der Waals surface area contributed by atoms with Crippen LogP contribution in [0.1, 0.15) is 10.4 Å². The third kappa shape index (κ3) is 0.915. The number of fused-ring (bicyclic) bond motifs is 3. The van der Waals surface area contributed by atoms with Crippen molar-refractivity contribution < 1.29 is 4.79 Å². The number of hydrogen-bond donors (Lipinski definition) is 1. The van der Waals surface area contributed by atoms with Gasteiger partial charge in [-0.05, 0) is 12.1 Å². The lowest BCUT2D eigenvalue weighted by atomic mass is 10.1. The third-order valence-electron chi connectivity index (χ3n) is 2.87. The maximum absolute atomic E-state index is 11.9. The van der Waals surface area contributed by atoms with Crippen LogP contribution in [0.3, 0.4) is 0 Å². The first-order valence-corrected chi connectivity index (χ1v) is 4.84. The van der Waals surface area contributed by atoms with E-state index in [1.165, 1.54) is 0 Å². The van der Waals surface area contributed by atoms with E-state index in [-0.39, 0.29) is 11.8 Å². The SMILES string of the molecule is O=C1c2cccnc2N2CCNCC12. The second-order valence-electron chi connectivity index (χ2n) is 3.65. The maximum Gasteiger partial charge on any atom is 0.190 e. The Balaban J connectivity index is 2.11. The molecule has 0 spiro atoms. The zero-order valence-corrected chi connectivity index (χ0v) is 7.73. The number of nitrogens with zero attached hydrogens (tertiary/aromatic N) is 2. The van der Waals surface area contributed by atoms with Crippen LogP contribution in [0.15, 0.2) is 18.3 Å². The Hall–Kier alpha value is -1.42. The van der Waals surface area contributed by atoms with Crippen LogP contribution in [-0.4, -0.2) is 36.4 Å².